The van der Waals surface area contributed by atoms with Gasteiger partial charge in [0.25, 0.3) is 5.56 Å². The molecule has 0 bridgehead atoms. The van der Waals surface area contributed by atoms with Gasteiger partial charge in [0, 0.05) is 23.0 Å². The molecule has 0 unspecified atom stereocenters. The first-order valence-corrected chi connectivity index (χ1v) is 10.8. The van der Waals surface area contributed by atoms with Gasteiger partial charge in [-0.25, -0.2) is 4.98 Å². The molecule has 1 fully saturated rings. The third-order valence-electron chi connectivity index (χ3n) is 6.00. The molecule has 0 saturated carbocycles. The molecule has 1 aliphatic heterocycles. The predicted molar refractivity (Wildman–Crippen MR) is 121 cm³/mol. The minimum absolute atomic E-state index is 0.208. The Kier molecular flexibility index (Phi) is 5.44. The van der Waals surface area contributed by atoms with Crippen LogP contribution in [0.25, 0.3) is 33.3 Å². The quantitative estimate of drug-likeness (QED) is 0.446. The van der Waals surface area contributed by atoms with Crippen molar-refractivity contribution in [2.24, 2.45) is 0 Å². The third kappa shape index (κ3) is 3.94. The van der Waals surface area contributed by atoms with Gasteiger partial charge >= 0.3 is 0 Å². The normalized spacial score (nSPS) is 15.0. The molecule has 0 atom stereocenters. The number of para-hydroxylation sites is 2. The molecular formula is C24H26N4O3. The predicted octanol–water partition coefficient (Wildman–Crippen LogP) is 3.43. The minimum atomic E-state index is -0.294. The van der Waals surface area contributed by atoms with Crippen LogP contribution in [0.2, 0.25) is 0 Å². The maximum atomic E-state index is 12.7. The average molecular weight is 418 g/mol. The fourth-order valence-corrected chi connectivity index (χ4v) is 4.36. The Bertz CT molecular complexity index is 1270. The summed E-state index contributed by atoms with van der Waals surface area (Å²) in [5.74, 6) is 0.755. The number of hydrogen-bond acceptors (Lipinski definition) is 5. The van der Waals surface area contributed by atoms with Gasteiger partial charge in [-0.1, -0.05) is 18.6 Å². The van der Waals surface area contributed by atoms with E-state index in [1.807, 2.05) is 42.5 Å². The Hall–Kier alpha value is -3.16. The summed E-state index contributed by atoms with van der Waals surface area (Å²) >= 11 is 0. The van der Waals surface area contributed by atoms with Gasteiger partial charge in [0.15, 0.2) is 5.69 Å². The van der Waals surface area contributed by atoms with E-state index in [0.717, 1.165) is 36.3 Å². The lowest BCUT2D eigenvalue weighted by Gasteiger charge is -2.26. The van der Waals surface area contributed by atoms with Crippen LogP contribution in [0.4, 0.5) is 0 Å². The van der Waals surface area contributed by atoms with Crippen molar-refractivity contribution in [3.05, 3.63) is 58.4 Å². The van der Waals surface area contributed by atoms with E-state index in [1.54, 1.807) is 0 Å². The monoisotopic (exact) mass is 418 g/mol. The first-order chi connectivity index (χ1) is 15.2. The van der Waals surface area contributed by atoms with Crippen LogP contribution in [0.1, 0.15) is 24.8 Å². The van der Waals surface area contributed by atoms with Crippen molar-refractivity contribution in [3.8, 4) is 17.1 Å². The topological polar surface area (TPSA) is 94.2 Å². The molecule has 0 aliphatic carbocycles. The van der Waals surface area contributed by atoms with Crippen LogP contribution >= 0.6 is 0 Å². The molecular weight excluding hydrogens is 392 g/mol. The van der Waals surface area contributed by atoms with Crippen LogP contribution in [-0.4, -0.2) is 51.2 Å². The fourth-order valence-electron chi connectivity index (χ4n) is 4.36. The van der Waals surface area contributed by atoms with Crippen LogP contribution in [0.15, 0.2) is 47.3 Å². The van der Waals surface area contributed by atoms with Crippen molar-refractivity contribution in [3.63, 3.8) is 0 Å². The lowest BCUT2D eigenvalue weighted by molar-refractivity contribution is 0.183. The highest BCUT2D eigenvalue weighted by Crippen LogP contribution is 2.31. The Morgan fingerprint density at radius 3 is 2.71 bits per heavy atom. The first kappa shape index (κ1) is 19.8. The van der Waals surface area contributed by atoms with Crippen LogP contribution in [0.5, 0.6) is 5.75 Å². The maximum absolute atomic E-state index is 12.7. The standard InChI is InChI=1S/C24H26N4O3/c29-15-18-17-14-16(31-13-12-28-10-4-1-5-11-28)8-9-19(17)25-22(18)23-24(30)27-21-7-3-2-6-20(21)26-23/h2-3,6-9,14,25,29H,1,4-5,10-13,15H2,(H,27,30). The number of aliphatic hydroxyl groups is 1. The number of benzene rings is 2. The van der Waals surface area contributed by atoms with E-state index in [2.05, 4.69) is 19.9 Å². The molecule has 3 heterocycles. The van der Waals surface area contributed by atoms with Gasteiger partial charge < -0.3 is 19.8 Å². The molecule has 31 heavy (non-hydrogen) atoms. The molecule has 2 aromatic carbocycles. The van der Waals surface area contributed by atoms with Gasteiger partial charge in [-0.2, -0.15) is 0 Å². The largest absolute Gasteiger partial charge is 0.492 e. The zero-order valence-electron chi connectivity index (χ0n) is 17.4. The summed E-state index contributed by atoms with van der Waals surface area (Å²) in [7, 11) is 0. The van der Waals surface area contributed by atoms with E-state index in [-0.39, 0.29) is 17.9 Å². The van der Waals surface area contributed by atoms with Gasteiger partial charge in [0.2, 0.25) is 0 Å². The van der Waals surface area contributed by atoms with Gasteiger partial charge in [-0.3, -0.25) is 9.69 Å². The van der Waals surface area contributed by atoms with Crippen molar-refractivity contribution < 1.29 is 9.84 Å². The van der Waals surface area contributed by atoms with E-state index in [1.165, 1.54) is 19.3 Å². The molecule has 7 heteroatoms. The molecule has 3 N–H and O–H groups in total. The lowest BCUT2D eigenvalue weighted by atomic mass is 10.1. The number of piperidine rings is 1. The number of rotatable bonds is 6. The number of likely N-dealkylation sites (tertiary alicyclic amines) is 1. The summed E-state index contributed by atoms with van der Waals surface area (Å²) in [6.07, 6.45) is 3.85. The Morgan fingerprint density at radius 2 is 1.87 bits per heavy atom. The van der Waals surface area contributed by atoms with Crippen LogP contribution in [-0.2, 0) is 6.61 Å². The number of fused-ring (bicyclic) bond motifs is 2. The zero-order valence-corrected chi connectivity index (χ0v) is 17.4. The van der Waals surface area contributed by atoms with Gasteiger partial charge in [0.1, 0.15) is 12.4 Å². The second-order valence-corrected chi connectivity index (χ2v) is 8.03. The second-order valence-electron chi connectivity index (χ2n) is 8.03. The smallest absolute Gasteiger partial charge is 0.276 e. The highest BCUT2D eigenvalue weighted by molar-refractivity contribution is 5.91. The molecule has 7 nitrogen and oxygen atoms in total. The van der Waals surface area contributed by atoms with Gasteiger partial charge in [0.05, 0.1) is 23.3 Å². The number of ether oxygens (including phenoxy) is 1. The molecule has 5 rings (SSSR count). The molecule has 4 aromatic rings. The van der Waals surface area contributed by atoms with E-state index in [0.29, 0.717) is 28.9 Å². The summed E-state index contributed by atoms with van der Waals surface area (Å²) in [5, 5.41) is 10.9. The van der Waals surface area contributed by atoms with Crippen molar-refractivity contribution >= 4 is 21.9 Å². The summed E-state index contributed by atoms with van der Waals surface area (Å²) in [5.41, 5.74) is 3.37. The Morgan fingerprint density at radius 1 is 1.03 bits per heavy atom. The molecule has 1 aliphatic rings. The number of aliphatic hydroxyl groups excluding tert-OH is 1. The third-order valence-corrected chi connectivity index (χ3v) is 6.00. The second kappa shape index (κ2) is 8.53. The zero-order chi connectivity index (χ0) is 21.2. The fraction of sp³-hybridized carbons (Fsp3) is 0.333. The number of aromatic nitrogens is 3. The van der Waals surface area contributed by atoms with Crippen molar-refractivity contribution in [1.29, 1.82) is 0 Å². The first-order valence-electron chi connectivity index (χ1n) is 10.8. The van der Waals surface area contributed by atoms with Crippen molar-refractivity contribution in [2.75, 3.05) is 26.2 Å². The van der Waals surface area contributed by atoms with Crippen LogP contribution in [0.3, 0.4) is 0 Å². The summed E-state index contributed by atoms with van der Waals surface area (Å²) in [6, 6.07) is 13.2. The molecule has 0 amide bonds. The highest BCUT2D eigenvalue weighted by Gasteiger charge is 2.18. The molecule has 2 aromatic heterocycles. The van der Waals surface area contributed by atoms with E-state index in [9.17, 15) is 9.90 Å². The van der Waals surface area contributed by atoms with E-state index < -0.39 is 0 Å². The van der Waals surface area contributed by atoms with Crippen LogP contribution < -0.4 is 10.3 Å². The number of H-pyrrole nitrogens is 2. The number of nitrogens with zero attached hydrogens (tertiary/aromatic N) is 2. The van der Waals surface area contributed by atoms with E-state index >= 15 is 0 Å². The number of aromatic amines is 2. The molecule has 0 spiro atoms. The lowest BCUT2D eigenvalue weighted by Crippen LogP contribution is -2.33. The summed E-state index contributed by atoms with van der Waals surface area (Å²) < 4.78 is 5.99. The summed E-state index contributed by atoms with van der Waals surface area (Å²) in [6.45, 7) is 3.63. The average Bonchev–Trinajstić information content (AvgIpc) is 3.17. The Labute approximate surface area is 179 Å². The summed E-state index contributed by atoms with van der Waals surface area (Å²) in [4.78, 5) is 25.8. The highest BCUT2D eigenvalue weighted by atomic mass is 16.5. The number of hydrogen-bond donors (Lipinski definition) is 3. The van der Waals surface area contributed by atoms with Crippen LogP contribution in [0, 0.1) is 0 Å². The minimum Gasteiger partial charge on any atom is -0.492 e. The van der Waals surface area contributed by atoms with Crippen molar-refractivity contribution in [2.45, 2.75) is 25.9 Å². The van der Waals surface area contributed by atoms with Crippen molar-refractivity contribution in [1.82, 2.24) is 19.9 Å². The van der Waals surface area contributed by atoms with Gasteiger partial charge in [-0.05, 0) is 56.3 Å². The number of nitrogens with one attached hydrogen (secondary N) is 2. The Balaban J connectivity index is 1.45. The molecule has 160 valence electrons. The SMILES string of the molecule is O=c1[nH]c2ccccc2nc1-c1[nH]c2ccc(OCCN3CCCCC3)cc2c1CO. The van der Waals surface area contributed by atoms with E-state index in [4.69, 9.17) is 4.74 Å². The molecule has 1 saturated heterocycles. The molecule has 0 radical (unpaired) electrons. The van der Waals surface area contributed by atoms with Gasteiger partial charge in [-0.15, -0.1) is 0 Å². The maximum Gasteiger partial charge on any atom is 0.276 e.